The lowest BCUT2D eigenvalue weighted by Crippen LogP contribution is -2.44. The molecule has 2 N–H and O–H groups in total. The summed E-state index contributed by atoms with van der Waals surface area (Å²) in [6, 6.07) is 15.9. The highest BCUT2D eigenvalue weighted by Gasteiger charge is 2.35. The van der Waals surface area contributed by atoms with E-state index in [1.807, 2.05) is 23.1 Å². The zero-order chi connectivity index (χ0) is 20.1. The number of carbonyl (C=O) groups excluding carboxylic acids is 2. The molecule has 0 saturated carbocycles. The van der Waals surface area contributed by atoms with E-state index in [9.17, 15) is 19.5 Å². The van der Waals surface area contributed by atoms with Crippen LogP contribution in [-0.2, 0) is 21.5 Å². The molecule has 0 spiro atoms. The van der Waals surface area contributed by atoms with Gasteiger partial charge in [-0.3, -0.25) is 14.4 Å². The molecule has 1 aliphatic rings. The molecular formula is C22H24N2O4. The Hall–Kier alpha value is -3.15. The summed E-state index contributed by atoms with van der Waals surface area (Å²) in [6.07, 6.45) is 1.49. The SMILES string of the molecule is CC(CNC(=O)c1ccc(CN2CCCC2=O)cc1)(C(=O)O)c1ccccc1. The first-order valence-corrected chi connectivity index (χ1v) is 9.34. The number of nitrogens with one attached hydrogen (secondary N) is 1. The molecule has 146 valence electrons. The van der Waals surface area contributed by atoms with Crippen LogP contribution in [0.4, 0.5) is 0 Å². The standard InChI is InChI=1S/C22H24N2O4/c1-22(21(27)28,18-6-3-2-4-7-18)15-23-20(26)17-11-9-16(10-12-17)14-24-13-5-8-19(24)25/h2-4,6-7,9-12H,5,8,13-15H2,1H3,(H,23,26)(H,27,28). The van der Waals surface area contributed by atoms with Crippen LogP contribution in [0.5, 0.6) is 0 Å². The topological polar surface area (TPSA) is 86.7 Å². The summed E-state index contributed by atoms with van der Waals surface area (Å²) < 4.78 is 0. The third-order valence-corrected chi connectivity index (χ3v) is 5.25. The number of hydrogen-bond donors (Lipinski definition) is 2. The highest BCUT2D eigenvalue weighted by atomic mass is 16.4. The highest BCUT2D eigenvalue weighted by Crippen LogP contribution is 2.23. The molecule has 0 radical (unpaired) electrons. The number of aliphatic carboxylic acids is 1. The number of likely N-dealkylation sites (tertiary alicyclic amines) is 1. The van der Waals surface area contributed by atoms with Crippen molar-refractivity contribution in [1.82, 2.24) is 10.2 Å². The van der Waals surface area contributed by atoms with Gasteiger partial charge in [0.1, 0.15) is 5.41 Å². The van der Waals surface area contributed by atoms with Crippen molar-refractivity contribution < 1.29 is 19.5 Å². The van der Waals surface area contributed by atoms with Gasteiger partial charge in [0.15, 0.2) is 0 Å². The van der Waals surface area contributed by atoms with Gasteiger partial charge in [0.2, 0.25) is 5.91 Å². The van der Waals surface area contributed by atoms with Crippen LogP contribution < -0.4 is 5.32 Å². The van der Waals surface area contributed by atoms with E-state index in [1.54, 1.807) is 43.3 Å². The number of carboxylic acids is 1. The molecule has 1 saturated heterocycles. The normalized spacial score (nSPS) is 15.9. The second-order valence-electron chi connectivity index (χ2n) is 7.30. The second-order valence-corrected chi connectivity index (χ2v) is 7.30. The molecule has 28 heavy (non-hydrogen) atoms. The Bertz CT molecular complexity index is 864. The van der Waals surface area contributed by atoms with Crippen molar-refractivity contribution in [2.24, 2.45) is 0 Å². The first-order valence-electron chi connectivity index (χ1n) is 9.34. The lowest BCUT2D eigenvalue weighted by atomic mass is 9.82. The Labute approximate surface area is 164 Å². The van der Waals surface area contributed by atoms with Gasteiger partial charge in [0, 0.05) is 31.6 Å². The van der Waals surface area contributed by atoms with Gasteiger partial charge in [0.05, 0.1) is 0 Å². The molecule has 1 aliphatic heterocycles. The number of hydrogen-bond acceptors (Lipinski definition) is 3. The molecule has 2 aromatic carbocycles. The monoisotopic (exact) mass is 380 g/mol. The molecule has 1 atom stereocenters. The van der Waals surface area contributed by atoms with Crippen LogP contribution in [0.1, 0.15) is 41.3 Å². The predicted octanol–water partition coefficient (Wildman–Crippen LogP) is 2.58. The van der Waals surface area contributed by atoms with Gasteiger partial charge in [-0.25, -0.2) is 0 Å². The zero-order valence-electron chi connectivity index (χ0n) is 15.9. The zero-order valence-corrected chi connectivity index (χ0v) is 15.9. The molecule has 0 aliphatic carbocycles. The average molecular weight is 380 g/mol. The fourth-order valence-corrected chi connectivity index (χ4v) is 3.32. The summed E-state index contributed by atoms with van der Waals surface area (Å²) in [7, 11) is 0. The number of carboxylic acid groups (broad SMARTS) is 1. The van der Waals surface area contributed by atoms with E-state index < -0.39 is 11.4 Å². The predicted molar refractivity (Wildman–Crippen MR) is 105 cm³/mol. The number of benzene rings is 2. The van der Waals surface area contributed by atoms with Gasteiger partial charge < -0.3 is 15.3 Å². The molecular weight excluding hydrogens is 356 g/mol. The van der Waals surface area contributed by atoms with Crippen molar-refractivity contribution >= 4 is 17.8 Å². The fourth-order valence-electron chi connectivity index (χ4n) is 3.32. The van der Waals surface area contributed by atoms with Crippen molar-refractivity contribution in [2.45, 2.75) is 31.7 Å². The molecule has 1 unspecified atom stereocenters. The minimum Gasteiger partial charge on any atom is -0.481 e. The smallest absolute Gasteiger partial charge is 0.315 e. The van der Waals surface area contributed by atoms with E-state index in [1.165, 1.54) is 0 Å². The number of amides is 2. The van der Waals surface area contributed by atoms with Crippen molar-refractivity contribution in [1.29, 1.82) is 0 Å². The minimum atomic E-state index is -1.22. The van der Waals surface area contributed by atoms with Gasteiger partial charge >= 0.3 is 5.97 Å². The maximum atomic E-state index is 12.5. The molecule has 1 heterocycles. The fraction of sp³-hybridized carbons (Fsp3) is 0.318. The van der Waals surface area contributed by atoms with E-state index >= 15 is 0 Å². The summed E-state index contributed by atoms with van der Waals surface area (Å²) >= 11 is 0. The summed E-state index contributed by atoms with van der Waals surface area (Å²) in [4.78, 5) is 37.8. The molecule has 2 aromatic rings. The van der Waals surface area contributed by atoms with E-state index in [2.05, 4.69) is 5.32 Å². The summed E-state index contributed by atoms with van der Waals surface area (Å²) in [6.45, 7) is 2.90. The third-order valence-electron chi connectivity index (χ3n) is 5.25. The Morgan fingerprint density at radius 1 is 1.11 bits per heavy atom. The van der Waals surface area contributed by atoms with Crippen LogP contribution in [0.3, 0.4) is 0 Å². The molecule has 0 bridgehead atoms. The first-order chi connectivity index (χ1) is 13.4. The Morgan fingerprint density at radius 3 is 2.36 bits per heavy atom. The van der Waals surface area contributed by atoms with Crippen molar-refractivity contribution in [3.05, 3.63) is 71.3 Å². The Morgan fingerprint density at radius 2 is 1.79 bits per heavy atom. The average Bonchev–Trinajstić information content (AvgIpc) is 3.11. The van der Waals surface area contributed by atoms with E-state index in [-0.39, 0.29) is 18.4 Å². The minimum absolute atomic E-state index is 0.0186. The van der Waals surface area contributed by atoms with Crippen molar-refractivity contribution in [2.75, 3.05) is 13.1 Å². The maximum Gasteiger partial charge on any atom is 0.315 e. The second kappa shape index (κ2) is 8.25. The van der Waals surface area contributed by atoms with E-state index in [0.29, 0.717) is 24.1 Å². The molecule has 6 heteroatoms. The van der Waals surface area contributed by atoms with Crippen molar-refractivity contribution in [3.63, 3.8) is 0 Å². The van der Waals surface area contributed by atoms with Crippen LogP contribution in [-0.4, -0.2) is 40.9 Å². The highest BCUT2D eigenvalue weighted by molar-refractivity contribution is 5.95. The summed E-state index contributed by atoms with van der Waals surface area (Å²) in [5.74, 6) is -1.16. The first kappa shape index (κ1) is 19.6. The number of carbonyl (C=O) groups is 3. The summed E-state index contributed by atoms with van der Waals surface area (Å²) in [5.41, 5.74) is 0.838. The maximum absolute atomic E-state index is 12.5. The van der Waals surface area contributed by atoms with Gasteiger partial charge in [-0.15, -0.1) is 0 Å². The molecule has 0 aromatic heterocycles. The van der Waals surface area contributed by atoms with E-state index in [4.69, 9.17) is 0 Å². The van der Waals surface area contributed by atoms with Gasteiger partial charge in [-0.05, 0) is 36.6 Å². The van der Waals surface area contributed by atoms with Crippen LogP contribution in [0.2, 0.25) is 0 Å². The molecule has 6 nitrogen and oxygen atoms in total. The molecule has 2 amide bonds. The lowest BCUT2D eigenvalue weighted by molar-refractivity contribution is -0.143. The van der Waals surface area contributed by atoms with Gasteiger partial charge in [-0.1, -0.05) is 42.5 Å². The van der Waals surface area contributed by atoms with Crippen LogP contribution in [0.15, 0.2) is 54.6 Å². The number of rotatable bonds is 7. The molecule has 3 rings (SSSR count). The van der Waals surface area contributed by atoms with Gasteiger partial charge in [0.25, 0.3) is 5.91 Å². The lowest BCUT2D eigenvalue weighted by Gasteiger charge is -2.25. The summed E-state index contributed by atoms with van der Waals surface area (Å²) in [5, 5.41) is 12.4. The van der Waals surface area contributed by atoms with Crippen LogP contribution >= 0.6 is 0 Å². The van der Waals surface area contributed by atoms with Crippen LogP contribution in [0.25, 0.3) is 0 Å². The number of nitrogens with zero attached hydrogens (tertiary/aromatic N) is 1. The quantitative estimate of drug-likeness (QED) is 0.773. The van der Waals surface area contributed by atoms with E-state index in [0.717, 1.165) is 18.5 Å². The van der Waals surface area contributed by atoms with Crippen LogP contribution in [0, 0.1) is 0 Å². The van der Waals surface area contributed by atoms with Crippen molar-refractivity contribution in [3.8, 4) is 0 Å². The molecule has 1 fully saturated rings. The Kier molecular flexibility index (Phi) is 5.78. The Balaban J connectivity index is 1.64. The third kappa shape index (κ3) is 4.22. The van der Waals surface area contributed by atoms with Gasteiger partial charge in [-0.2, -0.15) is 0 Å². The largest absolute Gasteiger partial charge is 0.481 e.